The lowest BCUT2D eigenvalue weighted by Crippen LogP contribution is -2.38. The first kappa shape index (κ1) is 28.7. The number of fused-ring (bicyclic) bond motifs is 1. The van der Waals surface area contributed by atoms with Crippen molar-refractivity contribution in [3.63, 3.8) is 0 Å². The van der Waals surface area contributed by atoms with Crippen LogP contribution in [0.25, 0.3) is 10.9 Å². The Bertz CT molecular complexity index is 1250. The van der Waals surface area contributed by atoms with Gasteiger partial charge in [-0.3, -0.25) is 14.5 Å². The van der Waals surface area contributed by atoms with E-state index in [0.717, 1.165) is 16.5 Å². The lowest BCUT2D eigenvalue weighted by molar-refractivity contribution is -0.156. The van der Waals surface area contributed by atoms with Crippen molar-refractivity contribution in [3.05, 3.63) is 72.6 Å². The molecule has 0 fully saturated rings. The molecule has 0 radical (unpaired) electrons. The second kappa shape index (κ2) is 13.1. The summed E-state index contributed by atoms with van der Waals surface area (Å²) in [6, 6.07) is 15.6. The molecule has 202 valence electrons. The number of esters is 1. The lowest BCUT2D eigenvalue weighted by atomic mass is 10.1. The van der Waals surface area contributed by atoms with Crippen molar-refractivity contribution in [2.45, 2.75) is 52.4 Å². The van der Waals surface area contributed by atoms with Gasteiger partial charge in [0, 0.05) is 36.3 Å². The Hall–Kier alpha value is -3.82. The number of rotatable bonds is 11. The van der Waals surface area contributed by atoms with Gasteiger partial charge >= 0.3 is 5.97 Å². The molecule has 3 N–H and O–H groups in total. The fraction of sp³-hybridized carbons (Fsp3) is 0.379. The number of benzene rings is 2. The SMILES string of the molecule is C[C@H](O)CN(CC=CC(=O)Nc1ccc2ncnc(N[C@H](C)c3ccccc3)c2c1)CC(=O)OC(C)(C)C. The van der Waals surface area contributed by atoms with Crippen LogP contribution >= 0.6 is 0 Å². The van der Waals surface area contributed by atoms with Crippen molar-refractivity contribution in [1.29, 1.82) is 0 Å². The minimum absolute atomic E-state index is 0.00991. The van der Waals surface area contributed by atoms with E-state index in [1.807, 2.05) is 30.3 Å². The summed E-state index contributed by atoms with van der Waals surface area (Å²) in [6.07, 6.45) is 3.94. The molecule has 1 heterocycles. The van der Waals surface area contributed by atoms with Gasteiger partial charge in [-0.25, -0.2) is 9.97 Å². The van der Waals surface area contributed by atoms with E-state index in [1.165, 1.54) is 12.4 Å². The van der Waals surface area contributed by atoms with E-state index in [0.29, 0.717) is 18.1 Å². The summed E-state index contributed by atoms with van der Waals surface area (Å²) in [5.74, 6) is -0.0306. The van der Waals surface area contributed by atoms with Crippen LogP contribution in [0, 0.1) is 0 Å². The zero-order chi connectivity index (χ0) is 27.7. The van der Waals surface area contributed by atoms with Crippen molar-refractivity contribution in [1.82, 2.24) is 14.9 Å². The molecule has 9 heteroatoms. The summed E-state index contributed by atoms with van der Waals surface area (Å²) in [6.45, 7) is 9.69. The normalized spacial score (nSPS) is 13.4. The molecule has 3 rings (SSSR count). The standard InChI is InChI=1S/C29H37N5O4/c1-20(35)17-34(18-27(37)38-29(3,4)5)15-9-12-26(36)33-23-13-14-25-24(16-23)28(31-19-30-25)32-21(2)22-10-7-6-8-11-22/h6-14,16,19-21,35H,15,17-18H2,1-5H3,(H,33,36)(H,30,31,32)/t20-,21+/m0/s1. The summed E-state index contributed by atoms with van der Waals surface area (Å²) in [5.41, 5.74) is 1.90. The van der Waals surface area contributed by atoms with Gasteiger partial charge in [0.1, 0.15) is 17.7 Å². The van der Waals surface area contributed by atoms with Gasteiger partial charge in [0.05, 0.1) is 18.2 Å². The molecule has 0 spiro atoms. The molecule has 1 aromatic heterocycles. The smallest absolute Gasteiger partial charge is 0.320 e. The Morgan fingerprint density at radius 1 is 1.11 bits per heavy atom. The molecule has 2 atom stereocenters. The largest absolute Gasteiger partial charge is 0.459 e. The van der Waals surface area contributed by atoms with Gasteiger partial charge in [0.25, 0.3) is 0 Å². The van der Waals surface area contributed by atoms with E-state index in [-0.39, 0.29) is 31.0 Å². The topological polar surface area (TPSA) is 117 Å². The van der Waals surface area contributed by atoms with Crippen LogP contribution in [0.5, 0.6) is 0 Å². The first-order valence-electron chi connectivity index (χ1n) is 12.7. The second-order valence-corrected chi connectivity index (χ2v) is 10.3. The average molecular weight is 520 g/mol. The van der Waals surface area contributed by atoms with E-state index in [2.05, 4.69) is 39.7 Å². The first-order valence-corrected chi connectivity index (χ1v) is 12.7. The molecule has 9 nitrogen and oxygen atoms in total. The maximum absolute atomic E-state index is 12.6. The minimum atomic E-state index is -0.633. The summed E-state index contributed by atoms with van der Waals surface area (Å²) in [5, 5.41) is 16.9. The maximum Gasteiger partial charge on any atom is 0.320 e. The average Bonchev–Trinajstić information content (AvgIpc) is 2.83. The molecule has 0 aliphatic heterocycles. The maximum atomic E-state index is 12.6. The number of aliphatic hydroxyl groups is 1. The number of hydrogen-bond acceptors (Lipinski definition) is 8. The zero-order valence-corrected chi connectivity index (χ0v) is 22.6. The van der Waals surface area contributed by atoms with Crippen LogP contribution < -0.4 is 10.6 Å². The molecule has 0 bridgehead atoms. The lowest BCUT2D eigenvalue weighted by Gasteiger charge is -2.25. The predicted molar refractivity (Wildman–Crippen MR) is 150 cm³/mol. The van der Waals surface area contributed by atoms with Gasteiger partial charge in [-0.05, 0) is 58.4 Å². The van der Waals surface area contributed by atoms with Crippen molar-refractivity contribution in [2.75, 3.05) is 30.3 Å². The van der Waals surface area contributed by atoms with E-state index in [1.54, 1.807) is 44.7 Å². The van der Waals surface area contributed by atoms with Crippen LogP contribution in [0.3, 0.4) is 0 Å². The van der Waals surface area contributed by atoms with E-state index in [4.69, 9.17) is 4.74 Å². The molecule has 0 saturated carbocycles. The summed E-state index contributed by atoms with van der Waals surface area (Å²) < 4.78 is 5.37. The van der Waals surface area contributed by atoms with Gasteiger partial charge in [-0.15, -0.1) is 0 Å². The Morgan fingerprint density at radius 2 is 1.84 bits per heavy atom. The highest BCUT2D eigenvalue weighted by atomic mass is 16.6. The first-order chi connectivity index (χ1) is 18.0. The van der Waals surface area contributed by atoms with Crippen LogP contribution in [-0.4, -0.2) is 63.2 Å². The summed E-state index contributed by atoms with van der Waals surface area (Å²) >= 11 is 0. The molecule has 38 heavy (non-hydrogen) atoms. The number of aliphatic hydroxyl groups excluding tert-OH is 1. The fourth-order valence-corrected chi connectivity index (χ4v) is 3.91. The zero-order valence-electron chi connectivity index (χ0n) is 22.6. The number of nitrogens with one attached hydrogen (secondary N) is 2. The van der Waals surface area contributed by atoms with Crippen LogP contribution in [-0.2, 0) is 14.3 Å². The Kier molecular flexibility index (Phi) is 9.92. The number of carbonyl (C=O) groups is 2. The third-order valence-corrected chi connectivity index (χ3v) is 5.48. The van der Waals surface area contributed by atoms with E-state index >= 15 is 0 Å². The third kappa shape index (κ3) is 9.24. The molecule has 1 amide bonds. The second-order valence-electron chi connectivity index (χ2n) is 10.3. The molecule has 0 saturated heterocycles. The number of amides is 1. The number of anilines is 2. The highest BCUT2D eigenvalue weighted by Crippen LogP contribution is 2.26. The van der Waals surface area contributed by atoms with Crippen molar-refractivity contribution < 1.29 is 19.4 Å². The Morgan fingerprint density at radius 3 is 2.53 bits per heavy atom. The molecular weight excluding hydrogens is 482 g/mol. The monoisotopic (exact) mass is 519 g/mol. The number of nitrogens with zero attached hydrogens (tertiary/aromatic N) is 3. The molecular formula is C29H37N5O4. The molecule has 0 aliphatic rings. The summed E-state index contributed by atoms with van der Waals surface area (Å²) in [4.78, 5) is 35.3. The number of ether oxygens (including phenoxy) is 1. The molecule has 0 aliphatic carbocycles. The Balaban J connectivity index is 1.65. The van der Waals surface area contributed by atoms with Gasteiger partial charge in [0.15, 0.2) is 0 Å². The number of carbonyl (C=O) groups excluding carboxylic acids is 2. The van der Waals surface area contributed by atoms with Crippen molar-refractivity contribution in [2.24, 2.45) is 0 Å². The number of aromatic nitrogens is 2. The highest BCUT2D eigenvalue weighted by molar-refractivity contribution is 6.01. The van der Waals surface area contributed by atoms with Crippen LogP contribution in [0.4, 0.5) is 11.5 Å². The van der Waals surface area contributed by atoms with Gasteiger partial charge in [0.2, 0.25) is 5.91 Å². The molecule has 2 aromatic carbocycles. The van der Waals surface area contributed by atoms with E-state index in [9.17, 15) is 14.7 Å². The van der Waals surface area contributed by atoms with Crippen molar-refractivity contribution >= 4 is 34.3 Å². The quantitative estimate of drug-likeness (QED) is 0.253. The third-order valence-electron chi connectivity index (χ3n) is 5.48. The Labute approximate surface area is 223 Å². The predicted octanol–water partition coefficient (Wildman–Crippen LogP) is 4.32. The highest BCUT2D eigenvalue weighted by Gasteiger charge is 2.19. The molecule has 0 unspecified atom stereocenters. The van der Waals surface area contributed by atoms with Gasteiger partial charge < -0.3 is 20.5 Å². The fourth-order valence-electron chi connectivity index (χ4n) is 3.91. The number of hydrogen-bond donors (Lipinski definition) is 3. The van der Waals surface area contributed by atoms with Crippen LogP contribution in [0.15, 0.2) is 67.0 Å². The van der Waals surface area contributed by atoms with Crippen LogP contribution in [0.1, 0.15) is 46.2 Å². The molecule has 3 aromatic rings. The summed E-state index contributed by atoms with van der Waals surface area (Å²) in [7, 11) is 0. The minimum Gasteiger partial charge on any atom is -0.459 e. The van der Waals surface area contributed by atoms with Gasteiger partial charge in [-0.2, -0.15) is 0 Å². The van der Waals surface area contributed by atoms with Gasteiger partial charge in [-0.1, -0.05) is 36.4 Å². The van der Waals surface area contributed by atoms with E-state index < -0.39 is 11.7 Å². The van der Waals surface area contributed by atoms with Crippen LogP contribution in [0.2, 0.25) is 0 Å². The van der Waals surface area contributed by atoms with Crippen molar-refractivity contribution in [3.8, 4) is 0 Å².